The van der Waals surface area contributed by atoms with Gasteiger partial charge in [0.15, 0.2) is 0 Å². The summed E-state index contributed by atoms with van der Waals surface area (Å²) in [5, 5.41) is 6.54. The molecule has 1 aliphatic heterocycles. The van der Waals surface area contributed by atoms with Gasteiger partial charge in [-0.25, -0.2) is 0 Å². The van der Waals surface area contributed by atoms with E-state index in [2.05, 4.69) is 41.8 Å². The molecule has 1 amide bonds. The minimum atomic E-state index is 0.197. The molecule has 1 saturated carbocycles. The first kappa shape index (κ1) is 12.7. The van der Waals surface area contributed by atoms with Gasteiger partial charge in [-0.2, -0.15) is 0 Å². The lowest BCUT2D eigenvalue weighted by Crippen LogP contribution is -2.46. The van der Waals surface area contributed by atoms with E-state index in [1.807, 2.05) is 0 Å². The van der Waals surface area contributed by atoms with Crippen LogP contribution in [0.5, 0.6) is 0 Å². The van der Waals surface area contributed by atoms with Gasteiger partial charge in [-0.05, 0) is 49.8 Å². The summed E-state index contributed by atoms with van der Waals surface area (Å²) in [6, 6.07) is 8.76. The highest BCUT2D eigenvalue weighted by Gasteiger charge is 2.44. The fourth-order valence-corrected chi connectivity index (χ4v) is 3.11. The molecule has 1 aliphatic carbocycles. The molecule has 2 unspecified atom stereocenters. The Bertz CT molecular complexity index is 466. The van der Waals surface area contributed by atoms with Crippen molar-refractivity contribution < 1.29 is 4.79 Å². The summed E-state index contributed by atoms with van der Waals surface area (Å²) >= 11 is 0. The lowest BCUT2D eigenvalue weighted by Gasteiger charge is -2.23. The van der Waals surface area contributed by atoms with E-state index in [-0.39, 0.29) is 11.8 Å². The molecule has 1 heterocycles. The van der Waals surface area contributed by atoms with Crippen molar-refractivity contribution >= 4 is 5.91 Å². The van der Waals surface area contributed by atoms with Gasteiger partial charge in [0.25, 0.3) is 0 Å². The average Bonchev–Trinajstić information content (AvgIpc) is 3.21. The van der Waals surface area contributed by atoms with E-state index >= 15 is 0 Å². The Balaban J connectivity index is 1.57. The Morgan fingerprint density at radius 2 is 2.21 bits per heavy atom. The van der Waals surface area contributed by atoms with Gasteiger partial charge in [0.05, 0.1) is 0 Å². The van der Waals surface area contributed by atoms with Crippen molar-refractivity contribution in [3.8, 4) is 0 Å². The van der Waals surface area contributed by atoms with E-state index in [0.29, 0.717) is 12.0 Å². The molecule has 2 fully saturated rings. The molecule has 3 rings (SSSR count). The number of carbonyl (C=O) groups is 1. The molecule has 1 saturated heterocycles. The molecule has 1 aromatic carbocycles. The van der Waals surface area contributed by atoms with Gasteiger partial charge in [-0.3, -0.25) is 4.79 Å². The standard InChI is InChI=1S/C16H22N2O/c1-11-5-2-3-7-13(11)14-9-15(14)16(19)18-12-6-4-8-17-10-12/h2-3,5,7,12,14-15,17H,4,6,8-10H2,1H3,(H,18,19)/t12-,14?,15?/m0/s1. The van der Waals surface area contributed by atoms with Gasteiger partial charge in [-0.15, -0.1) is 0 Å². The van der Waals surface area contributed by atoms with Crippen LogP contribution >= 0.6 is 0 Å². The van der Waals surface area contributed by atoms with E-state index in [1.165, 1.54) is 11.1 Å². The summed E-state index contributed by atoms with van der Waals surface area (Å²) in [7, 11) is 0. The Labute approximate surface area is 114 Å². The number of aryl methyl sites for hydroxylation is 1. The first-order chi connectivity index (χ1) is 9.25. The lowest BCUT2D eigenvalue weighted by atomic mass is 10.0. The molecular weight excluding hydrogens is 236 g/mol. The summed E-state index contributed by atoms with van der Waals surface area (Å²) < 4.78 is 0. The van der Waals surface area contributed by atoms with E-state index in [4.69, 9.17) is 0 Å². The highest BCUT2D eigenvalue weighted by Crippen LogP contribution is 2.48. The predicted octanol–water partition coefficient (Wildman–Crippen LogP) is 1.97. The molecule has 2 aliphatic rings. The highest BCUT2D eigenvalue weighted by atomic mass is 16.2. The Kier molecular flexibility index (Phi) is 3.56. The third-order valence-corrected chi connectivity index (χ3v) is 4.36. The fraction of sp³-hybridized carbons (Fsp3) is 0.562. The number of amides is 1. The van der Waals surface area contributed by atoms with Crippen molar-refractivity contribution in [1.29, 1.82) is 0 Å². The molecule has 0 bridgehead atoms. The summed E-state index contributed by atoms with van der Waals surface area (Å²) in [6.45, 7) is 4.14. The molecule has 3 nitrogen and oxygen atoms in total. The molecule has 1 aromatic rings. The molecule has 2 N–H and O–H groups in total. The fourth-order valence-electron chi connectivity index (χ4n) is 3.11. The quantitative estimate of drug-likeness (QED) is 0.870. The monoisotopic (exact) mass is 258 g/mol. The van der Waals surface area contributed by atoms with Crippen LogP contribution in [0.4, 0.5) is 0 Å². The summed E-state index contributed by atoms with van der Waals surface area (Å²) in [6.07, 6.45) is 3.29. The Morgan fingerprint density at radius 1 is 1.37 bits per heavy atom. The minimum absolute atomic E-state index is 0.197. The van der Waals surface area contributed by atoms with Crippen LogP contribution < -0.4 is 10.6 Å². The summed E-state index contributed by atoms with van der Waals surface area (Å²) in [5.41, 5.74) is 2.66. The zero-order valence-electron chi connectivity index (χ0n) is 11.5. The third-order valence-electron chi connectivity index (χ3n) is 4.36. The van der Waals surface area contributed by atoms with Crippen molar-refractivity contribution in [3.05, 3.63) is 35.4 Å². The van der Waals surface area contributed by atoms with Crippen molar-refractivity contribution in [2.24, 2.45) is 5.92 Å². The largest absolute Gasteiger partial charge is 0.352 e. The van der Waals surface area contributed by atoms with Crippen LogP contribution in [0.15, 0.2) is 24.3 Å². The van der Waals surface area contributed by atoms with Gasteiger partial charge < -0.3 is 10.6 Å². The van der Waals surface area contributed by atoms with Crippen LogP contribution in [0.3, 0.4) is 0 Å². The van der Waals surface area contributed by atoms with E-state index in [1.54, 1.807) is 0 Å². The van der Waals surface area contributed by atoms with E-state index in [0.717, 1.165) is 32.4 Å². The Hall–Kier alpha value is -1.35. The second-order valence-electron chi connectivity index (χ2n) is 5.86. The van der Waals surface area contributed by atoms with Gasteiger partial charge >= 0.3 is 0 Å². The van der Waals surface area contributed by atoms with Crippen molar-refractivity contribution in [1.82, 2.24) is 10.6 Å². The SMILES string of the molecule is Cc1ccccc1C1CC1C(=O)N[C@H]1CCCNC1. The van der Waals surface area contributed by atoms with Gasteiger partial charge in [0, 0.05) is 18.5 Å². The van der Waals surface area contributed by atoms with Crippen LogP contribution in [0.1, 0.15) is 36.3 Å². The maximum Gasteiger partial charge on any atom is 0.224 e. The smallest absolute Gasteiger partial charge is 0.224 e. The summed E-state index contributed by atoms with van der Waals surface area (Å²) in [5.74, 6) is 0.891. The maximum absolute atomic E-state index is 12.2. The van der Waals surface area contributed by atoms with Gasteiger partial charge in [-0.1, -0.05) is 24.3 Å². The van der Waals surface area contributed by atoms with Crippen molar-refractivity contribution in [2.45, 2.75) is 38.1 Å². The van der Waals surface area contributed by atoms with Crippen LogP contribution in [-0.2, 0) is 4.79 Å². The molecule has 3 heteroatoms. The van der Waals surface area contributed by atoms with E-state index < -0.39 is 0 Å². The van der Waals surface area contributed by atoms with Crippen LogP contribution in [0.25, 0.3) is 0 Å². The molecule has 102 valence electrons. The number of rotatable bonds is 3. The number of hydrogen-bond donors (Lipinski definition) is 2. The minimum Gasteiger partial charge on any atom is -0.352 e. The first-order valence-electron chi connectivity index (χ1n) is 7.32. The van der Waals surface area contributed by atoms with Gasteiger partial charge in [0.1, 0.15) is 0 Å². The second kappa shape index (κ2) is 5.33. The number of piperidine rings is 1. The topological polar surface area (TPSA) is 41.1 Å². The summed E-state index contributed by atoms with van der Waals surface area (Å²) in [4.78, 5) is 12.2. The van der Waals surface area contributed by atoms with Crippen molar-refractivity contribution in [2.75, 3.05) is 13.1 Å². The second-order valence-corrected chi connectivity index (χ2v) is 5.86. The maximum atomic E-state index is 12.2. The van der Waals surface area contributed by atoms with Crippen LogP contribution in [0, 0.1) is 12.8 Å². The van der Waals surface area contributed by atoms with Gasteiger partial charge in [0.2, 0.25) is 5.91 Å². The predicted molar refractivity (Wildman–Crippen MR) is 76.1 cm³/mol. The number of nitrogens with one attached hydrogen (secondary N) is 2. The van der Waals surface area contributed by atoms with Crippen LogP contribution in [-0.4, -0.2) is 25.0 Å². The molecule has 0 spiro atoms. The molecule has 3 atom stereocenters. The highest BCUT2D eigenvalue weighted by molar-refractivity contribution is 5.83. The van der Waals surface area contributed by atoms with Crippen molar-refractivity contribution in [3.63, 3.8) is 0 Å². The molecule has 0 aromatic heterocycles. The molecule has 19 heavy (non-hydrogen) atoms. The zero-order valence-corrected chi connectivity index (χ0v) is 11.5. The molecular formula is C16H22N2O. The van der Waals surface area contributed by atoms with E-state index in [9.17, 15) is 4.79 Å². The lowest BCUT2D eigenvalue weighted by molar-refractivity contribution is -0.123. The Morgan fingerprint density at radius 3 is 2.95 bits per heavy atom. The third kappa shape index (κ3) is 2.81. The zero-order chi connectivity index (χ0) is 13.2. The number of carbonyl (C=O) groups excluding carboxylic acids is 1. The number of hydrogen-bond acceptors (Lipinski definition) is 2. The molecule has 0 radical (unpaired) electrons. The average molecular weight is 258 g/mol. The first-order valence-corrected chi connectivity index (χ1v) is 7.32. The number of benzene rings is 1. The van der Waals surface area contributed by atoms with Crippen LogP contribution in [0.2, 0.25) is 0 Å². The normalized spacial score (nSPS) is 29.8.